The van der Waals surface area contributed by atoms with E-state index in [1.807, 2.05) is 0 Å². The van der Waals surface area contributed by atoms with Gasteiger partial charge in [-0.2, -0.15) is 0 Å². The van der Waals surface area contributed by atoms with Gasteiger partial charge in [-0.05, 0) is 13.8 Å². The van der Waals surface area contributed by atoms with Gasteiger partial charge in [-0.15, -0.1) is 0 Å². The molecule has 0 fully saturated rings. The number of rotatable bonds is 5. The summed E-state index contributed by atoms with van der Waals surface area (Å²) in [6.45, 7) is 3.61. The molecule has 0 aliphatic carbocycles. The molecule has 0 aliphatic heterocycles. The summed E-state index contributed by atoms with van der Waals surface area (Å²) < 4.78 is 0. The summed E-state index contributed by atoms with van der Waals surface area (Å²) in [5, 5.41) is 13.5. The van der Waals surface area contributed by atoms with E-state index < -0.39 is 30.5 Å². The molecule has 2 amide bonds. The van der Waals surface area contributed by atoms with Gasteiger partial charge >= 0.3 is 0 Å². The molecule has 86 valence electrons. The molecule has 6 heteroatoms. The van der Waals surface area contributed by atoms with Crippen LogP contribution in [0.3, 0.4) is 0 Å². The van der Waals surface area contributed by atoms with Crippen molar-refractivity contribution in [3.63, 3.8) is 0 Å². The molecule has 0 spiro atoms. The van der Waals surface area contributed by atoms with Crippen molar-refractivity contribution in [1.29, 1.82) is 0 Å². The van der Waals surface area contributed by atoms with E-state index in [0.717, 1.165) is 0 Å². The van der Waals surface area contributed by atoms with Gasteiger partial charge < -0.3 is 15.7 Å². The molecule has 0 saturated carbocycles. The number of hydrogen-bond donors (Lipinski definition) is 3. The Hall–Kier alpha value is -1.43. The Morgan fingerprint density at radius 1 is 1.20 bits per heavy atom. The van der Waals surface area contributed by atoms with Crippen LogP contribution in [0.25, 0.3) is 0 Å². The number of nitrogens with one attached hydrogen (secondary N) is 2. The van der Waals surface area contributed by atoms with Crippen molar-refractivity contribution in [3.05, 3.63) is 0 Å². The second-order valence-electron chi connectivity index (χ2n) is 3.28. The van der Waals surface area contributed by atoms with E-state index in [1.165, 1.54) is 20.8 Å². The summed E-state index contributed by atoms with van der Waals surface area (Å²) in [6.07, 6.45) is 0. The van der Waals surface area contributed by atoms with Crippen molar-refractivity contribution in [3.8, 4) is 0 Å². The Morgan fingerprint density at radius 3 is 2.07 bits per heavy atom. The zero-order chi connectivity index (χ0) is 12.0. The van der Waals surface area contributed by atoms with Gasteiger partial charge in [-0.25, -0.2) is 0 Å². The van der Waals surface area contributed by atoms with Gasteiger partial charge in [0.25, 0.3) is 0 Å². The maximum atomic E-state index is 11.4. The first-order valence-electron chi connectivity index (χ1n) is 4.57. The van der Waals surface area contributed by atoms with Crippen LogP contribution in [0, 0.1) is 0 Å². The van der Waals surface area contributed by atoms with E-state index in [0.29, 0.717) is 0 Å². The van der Waals surface area contributed by atoms with Crippen molar-refractivity contribution < 1.29 is 19.5 Å². The van der Waals surface area contributed by atoms with Crippen LogP contribution in [-0.2, 0) is 14.4 Å². The molecule has 0 aliphatic rings. The van der Waals surface area contributed by atoms with E-state index >= 15 is 0 Å². The Kier molecular flexibility index (Phi) is 5.54. The topological polar surface area (TPSA) is 95.5 Å². The molecule has 3 N–H and O–H groups in total. The Balaban J connectivity index is 4.27. The SMILES string of the molecule is CC(=O)NC(CO)C(=O)NC(C)C(C)=O. The first-order chi connectivity index (χ1) is 6.88. The molecule has 2 atom stereocenters. The molecular weight excluding hydrogens is 200 g/mol. The van der Waals surface area contributed by atoms with E-state index in [4.69, 9.17) is 5.11 Å². The van der Waals surface area contributed by atoms with Gasteiger partial charge in [0.2, 0.25) is 11.8 Å². The van der Waals surface area contributed by atoms with Gasteiger partial charge in [0, 0.05) is 6.92 Å². The number of carbonyl (C=O) groups excluding carboxylic acids is 3. The average molecular weight is 216 g/mol. The Labute approximate surface area is 88.0 Å². The summed E-state index contributed by atoms with van der Waals surface area (Å²) in [4.78, 5) is 32.9. The third-order valence-corrected chi connectivity index (χ3v) is 1.85. The highest BCUT2D eigenvalue weighted by Gasteiger charge is 2.20. The number of Topliss-reactive ketones (excluding diaryl/α,β-unsaturated/α-hetero) is 1. The molecule has 0 aromatic heterocycles. The molecule has 0 radical (unpaired) electrons. The number of carbonyl (C=O) groups is 3. The number of aliphatic hydroxyl groups is 1. The maximum absolute atomic E-state index is 11.4. The van der Waals surface area contributed by atoms with Crippen LogP contribution >= 0.6 is 0 Å². The minimum atomic E-state index is -1.01. The molecular formula is C9H16N2O4. The normalized spacial score (nSPS) is 13.9. The average Bonchev–Trinajstić information content (AvgIpc) is 2.13. The molecule has 2 unspecified atom stereocenters. The zero-order valence-electron chi connectivity index (χ0n) is 9.03. The lowest BCUT2D eigenvalue weighted by Gasteiger charge is -2.17. The van der Waals surface area contributed by atoms with E-state index in [-0.39, 0.29) is 5.78 Å². The van der Waals surface area contributed by atoms with Gasteiger partial charge in [0.15, 0.2) is 5.78 Å². The van der Waals surface area contributed by atoms with Crippen LogP contribution in [0.5, 0.6) is 0 Å². The first-order valence-corrected chi connectivity index (χ1v) is 4.57. The number of hydrogen-bond acceptors (Lipinski definition) is 4. The Bertz CT molecular complexity index is 265. The molecule has 0 heterocycles. The molecule has 0 aromatic rings. The van der Waals surface area contributed by atoms with Gasteiger partial charge in [-0.3, -0.25) is 14.4 Å². The van der Waals surface area contributed by atoms with E-state index in [1.54, 1.807) is 0 Å². The fraction of sp³-hybridized carbons (Fsp3) is 0.667. The van der Waals surface area contributed by atoms with E-state index in [9.17, 15) is 14.4 Å². The molecule has 0 saturated heterocycles. The summed E-state index contributed by atoms with van der Waals surface area (Å²) in [5.41, 5.74) is 0. The molecule has 15 heavy (non-hydrogen) atoms. The zero-order valence-corrected chi connectivity index (χ0v) is 9.03. The van der Waals surface area contributed by atoms with Crippen molar-refractivity contribution in [1.82, 2.24) is 10.6 Å². The van der Waals surface area contributed by atoms with Gasteiger partial charge in [0.1, 0.15) is 6.04 Å². The number of aliphatic hydroxyl groups excluding tert-OH is 1. The summed E-state index contributed by atoms with van der Waals surface area (Å²) in [7, 11) is 0. The third-order valence-electron chi connectivity index (χ3n) is 1.85. The third kappa shape index (κ3) is 5.11. The summed E-state index contributed by atoms with van der Waals surface area (Å²) in [5.74, 6) is -1.18. The lowest BCUT2D eigenvalue weighted by molar-refractivity contribution is -0.131. The lowest BCUT2D eigenvalue weighted by Crippen LogP contribution is -2.51. The van der Waals surface area contributed by atoms with Crippen LogP contribution in [0.4, 0.5) is 0 Å². The van der Waals surface area contributed by atoms with E-state index in [2.05, 4.69) is 10.6 Å². The van der Waals surface area contributed by atoms with Crippen molar-refractivity contribution in [2.75, 3.05) is 6.61 Å². The molecule has 0 bridgehead atoms. The van der Waals surface area contributed by atoms with Crippen LogP contribution in [0.2, 0.25) is 0 Å². The highest BCUT2D eigenvalue weighted by Crippen LogP contribution is 1.88. The summed E-state index contributed by atoms with van der Waals surface area (Å²) in [6, 6.07) is -1.63. The highest BCUT2D eigenvalue weighted by molar-refractivity contribution is 5.91. The second-order valence-corrected chi connectivity index (χ2v) is 3.28. The highest BCUT2D eigenvalue weighted by atomic mass is 16.3. The second kappa shape index (κ2) is 6.13. The number of ketones is 1. The molecule has 0 aromatic carbocycles. The summed E-state index contributed by atoms with van der Waals surface area (Å²) >= 11 is 0. The minimum absolute atomic E-state index is 0.192. The fourth-order valence-electron chi connectivity index (χ4n) is 0.855. The largest absolute Gasteiger partial charge is 0.394 e. The number of amides is 2. The quantitative estimate of drug-likeness (QED) is 0.525. The van der Waals surface area contributed by atoms with Crippen LogP contribution in [-0.4, -0.2) is 41.4 Å². The van der Waals surface area contributed by atoms with Crippen LogP contribution in [0.1, 0.15) is 20.8 Å². The van der Waals surface area contributed by atoms with Crippen LogP contribution in [0.15, 0.2) is 0 Å². The smallest absolute Gasteiger partial charge is 0.245 e. The van der Waals surface area contributed by atoms with Crippen molar-refractivity contribution >= 4 is 17.6 Å². The standard InChI is InChI=1S/C9H16N2O4/c1-5(6(2)13)10-9(15)8(4-12)11-7(3)14/h5,8,12H,4H2,1-3H3,(H,10,15)(H,11,14). The van der Waals surface area contributed by atoms with Crippen LogP contribution < -0.4 is 10.6 Å². The predicted molar refractivity (Wildman–Crippen MR) is 53.0 cm³/mol. The molecule has 0 rings (SSSR count). The molecule has 6 nitrogen and oxygen atoms in total. The van der Waals surface area contributed by atoms with Gasteiger partial charge in [-0.1, -0.05) is 0 Å². The van der Waals surface area contributed by atoms with Crippen molar-refractivity contribution in [2.45, 2.75) is 32.9 Å². The lowest BCUT2D eigenvalue weighted by atomic mass is 10.2. The van der Waals surface area contributed by atoms with Gasteiger partial charge in [0.05, 0.1) is 12.6 Å². The minimum Gasteiger partial charge on any atom is -0.394 e. The first kappa shape index (κ1) is 13.6. The van der Waals surface area contributed by atoms with Crippen molar-refractivity contribution in [2.24, 2.45) is 0 Å². The predicted octanol–water partition coefficient (Wildman–Crippen LogP) is -1.42. The monoisotopic (exact) mass is 216 g/mol. The fourth-order valence-corrected chi connectivity index (χ4v) is 0.855. The Morgan fingerprint density at radius 2 is 1.73 bits per heavy atom. The maximum Gasteiger partial charge on any atom is 0.245 e.